The van der Waals surface area contributed by atoms with Crippen molar-refractivity contribution in [1.29, 1.82) is 0 Å². The second-order valence-corrected chi connectivity index (χ2v) is 6.73. The molecule has 0 spiro atoms. The summed E-state index contributed by atoms with van der Waals surface area (Å²) in [4.78, 5) is 26.8. The quantitative estimate of drug-likeness (QED) is 0.741. The van der Waals surface area contributed by atoms with Crippen molar-refractivity contribution < 1.29 is 14.3 Å². The van der Waals surface area contributed by atoms with E-state index in [0.29, 0.717) is 11.3 Å². The SMILES string of the molecule is O=C1OCC2=C1[C@@H](c1ccccc1)CC(=O)N2c1cccc(Br)c1. The van der Waals surface area contributed by atoms with Crippen LogP contribution in [0.5, 0.6) is 0 Å². The highest BCUT2D eigenvalue weighted by atomic mass is 79.9. The molecule has 0 N–H and O–H groups in total. The lowest BCUT2D eigenvalue weighted by Crippen LogP contribution is -2.37. The van der Waals surface area contributed by atoms with E-state index in [9.17, 15) is 9.59 Å². The van der Waals surface area contributed by atoms with Crippen LogP contribution in [-0.2, 0) is 14.3 Å². The Labute approximate surface area is 147 Å². The number of hydrogen-bond donors (Lipinski definition) is 0. The fourth-order valence-corrected chi connectivity index (χ4v) is 3.73. The molecule has 2 aliphatic rings. The Morgan fingerprint density at radius 3 is 2.58 bits per heavy atom. The minimum absolute atomic E-state index is 0.0287. The smallest absolute Gasteiger partial charge is 0.336 e. The summed E-state index contributed by atoms with van der Waals surface area (Å²) in [7, 11) is 0. The van der Waals surface area contributed by atoms with Gasteiger partial charge in [0.1, 0.15) is 6.61 Å². The van der Waals surface area contributed by atoms with Gasteiger partial charge in [0.05, 0.1) is 11.3 Å². The third-order valence-electron chi connectivity index (χ3n) is 4.39. The molecule has 0 saturated carbocycles. The summed E-state index contributed by atoms with van der Waals surface area (Å²) >= 11 is 3.43. The van der Waals surface area contributed by atoms with Crippen molar-refractivity contribution in [2.75, 3.05) is 11.5 Å². The second-order valence-electron chi connectivity index (χ2n) is 5.81. The summed E-state index contributed by atoms with van der Waals surface area (Å²) in [6.45, 7) is 0.135. The highest BCUT2D eigenvalue weighted by molar-refractivity contribution is 9.10. The van der Waals surface area contributed by atoms with E-state index in [1.807, 2.05) is 54.6 Å². The highest BCUT2D eigenvalue weighted by Crippen LogP contribution is 2.41. The Balaban J connectivity index is 1.84. The lowest BCUT2D eigenvalue weighted by molar-refractivity contribution is -0.136. The van der Waals surface area contributed by atoms with Gasteiger partial charge in [0.2, 0.25) is 5.91 Å². The van der Waals surface area contributed by atoms with Crippen molar-refractivity contribution >= 4 is 33.5 Å². The van der Waals surface area contributed by atoms with E-state index >= 15 is 0 Å². The van der Waals surface area contributed by atoms with E-state index in [1.54, 1.807) is 4.90 Å². The molecule has 0 unspecified atom stereocenters. The standard InChI is InChI=1S/C19H14BrNO3/c20-13-7-4-8-14(9-13)21-16-11-24-19(23)18(16)15(10-17(21)22)12-5-2-1-3-6-12/h1-9,15H,10-11H2/t15-/m1/s1. The van der Waals surface area contributed by atoms with Gasteiger partial charge < -0.3 is 4.74 Å². The van der Waals surface area contributed by atoms with Crippen LogP contribution >= 0.6 is 15.9 Å². The lowest BCUT2D eigenvalue weighted by atomic mass is 9.84. The minimum atomic E-state index is -0.327. The molecule has 1 amide bonds. The zero-order valence-corrected chi connectivity index (χ0v) is 14.3. The molecule has 24 heavy (non-hydrogen) atoms. The number of esters is 1. The van der Waals surface area contributed by atoms with Crippen molar-refractivity contribution in [2.24, 2.45) is 0 Å². The van der Waals surface area contributed by atoms with Gasteiger partial charge >= 0.3 is 5.97 Å². The Kier molecular flexibility index (Phi) is 3.73. The molecule has 0 aromatic heterocycles. The molecule has 2 aromatic carbocycles. The molecule has 1 atom stereocenters. The van der Waals surface area contributed by atoms with Gasteiger partial charge in [-0.3, -0.25) is 9.69 Å². The molecule has 120 valence electrons. The highest BCUT2D eigenvalue weighted by Gasteiger charge is 2.42. The van der Waals surface area contributed by atoms with Gasteiger partial charge in [0.15, 0.2) is 0 Å². The maximum Gasteiger partial charge on any atom is 0.336 e. The zero-order chi connectivity index (χ0) is 16.7. The number of carbonyl (C=O) groups is 2. The molecule has 4 rings (SSSR count). The lowest BCUT2D eigenvalue weighted by Gasteiger charge is -2.32. The van der Waals surface area contributed by atoms with Crippen LogP contribution in [0, 0.1) is 0 Å². The number of halogens is 1. The third kappa shape index (κ3) is 2.45. The first-order chi connectivity index (χ1) is 11.6. The average molecular weight is 384 g/mol. The van der Waals surface area contributed by atoms with Gasteiger partial charge in [-0.2, -0.15) is 0 Å². The van der Waals surface area contributed by atoms with Gasteiger partial charge in [-0.25, -0.2) is 4.79 Å². The van der Waals surface area contributed by atoms with E-state index in [1.165, 1.54) is 0 Å². The molecule has 5 heteroatoms. The summed E-state index contributed by atoms with van der Waals surface area (Å²) in [5.41, 5.74) is 2.96. The summed E-state index contributed by atoms with van der Waals surface area (Å²) in [6.07, 6.45) is 0.254. The van der Waals surface area contributed by atoms with Crippen LogP contribution in [0.15, 0.2) is 70.3 Å². The van der Waals surface area contributed by atoms with Gasteiger partial charge in [-0.1, -0.05) is 52.3 Å². The monoisotopic (exact) mass is 383 g/mol. The largest absolute Gasteiger partial charge is 0.456 e. The Bertz CT molecular complexity index is 860. The Morgan fingerprint density at radius 1 is 1.04 bits per heavy atom. The summed E-state index contributed by atoms with van der Waals surface area (Å²) in [5, 5.41) is 0. The van der Waals surface area contributed by atoms with E-state index in [4.69, 9.17) is 4.74 Å². The van der Waals surface area contributed by atoms with Gasteiger partial charge in [-0.15, -0.1) is 0 Å². The van der Waals surface area contributed by atoms with Crippen LogP contribution in [0.3, 0.4) is 0 Å². The van der Waals surface area contributed by atoms with Gasteiger partial charge in [-0.05, 0) is 23.8 Å². The molecule has 0 saturated heterocycles. The van der Waals surface area contributed by atoms with Crippen LogP contribution < -0.4 is 4.90 Å². The van der Waals surface area contributed by atoms with Crippen molar-refractivity contribution in [3.05, 3.63) is 75.9 Å². The van der Waals surface area contributed by atoms with Gasteiger partial charge in [0.25, 0.3) is 0 Å². The first kappa shape index (κ1) is 15.1. The molecular formula is C19H14BrNO3. The Morgan fingerprint density at radius 2 is 1.83 bits per heavy atom. The summed E-state index contributed by atoms with van der Waals surface area (Å²) in [5.74, 6) is -0.600. The number of cyclic esters (lactones) is 1. The number of rotatable bonds is 2. The number of carbonyl (C=O) groups excluding carboxylic acids is 2. The molecule has 0 bridgehead atoms. The first-order valence-electron chi connectivity index (χ1n) is 7.69. The molecule has 2 heterocycles. The van der Waals surface area contributed by atoms with Crippen LogP contribution in [0.25, 0.3) is 0 Å². The molecule has 0 radical (unpaired) electrons. The van der Waals surface area contributed by atoms with E-state index in [-0.39, 0.29) is 30.8 Å². The molecular weight excluding hydrogens is 370 g/mol. The number of nitrogens with zero attached hydrogens (tertiary/aromatic N) is 1. The van der Waals surface area contributed by atoms with E-state index in [2.05, 4.69) is 15.9 Å². The number of amides is 1. The van der Waals surface area contributed by atoms with Crippen LogP contribution in [0.2, 0.25) is 0 Å². The maximum atomic E-state index is 12.8. The predicted molar refractivity (Wildman–Crippen MR) is 93.4 cm³/mol. The van der Waals surface area contributed by atoms with Crippen molar-refractivity contribution in [3.63, 3.8) is 0 Å². The van der Waals surface area contributed by atoms with Crippen LogP contribution in [0.4, 0.5) is 5.69 Å². The number of hydrogen-bond acceptors (Lipinski definition) is 3. The van der Waals surface area contributed by atoms with Crippen LogP contribution in [0.1, 0.15) is 17.9 Å². The maximum absolute atomic E-state index is 12.8. The number of benzene rings is 2. The predicted octanol–water partition coefficient (Wildman–Crippen LogP) is 3.78. The van der Waals surface area contributed by atoms with Crippen molar-refractivity contribution in [2.45, 2.75) is 12.3 Å². The molecule has 2 aliphatic heterocycles. The second kappa shape index (κ2) is 5.91. The van der Waals surface area contributed by atoms with Gasteiger partial charge in [0, 0.05) is 22.5 Å². The van der Waals surface area contributed by atoms with Crippen molar-refractivity contribution in [3.8, 4) is 0 Å². The first-order valence-corrected chi connectivity index (χ1v) is 8.48. The zero-order valence-electron chi connectivity index (χ0n) is 12.7. The van der Waals surface area contributed by atoms with Crippen molar-refractivity contribution in [1.82, 2.24) is 0 Å². The average Bonchev–Trinajstić information content (AvgIpc) is 2.96. The topological polar surface area (TPSA) is 46.6 Å². The van der Waals surface area contributed by atoms with Crippen LogP contribution in [-0.4, -0.2) is 18.5 Å². The molecule has 2 aromatic rings. The number of anilines is 1. The normalized spacial score (nSPS) is 20.2. The molecule has 0 aliphatic carbocycles. The third-order valence-corrected chi connectivity index (χ3v) is 4.88. The van der Waals surface area contributed by atoms with E-state index < -0.39 is 0 Å². The Hall–Kier alpha value is -2.40. The number of ether oxygens (including phenoxy) is 1. The fourth-order valence-electron chi connectivity index (χ4n) is 3.34. The molecule has 0 fully saturated rings. The fraction of sp³-hybridized carbons (Fsp3) is 0.158. The molecule has 4 nitrogen and oxygen atoms in total. The minimum Gasteiger partial charge on any atom is -0.456 e. The summed E-state index contributed by atoms with van der Waals surface area (Å²) in [6, 6.07) is 17.1. The summed E-state index contributed by atoms with van der Waals surface area (Å²) < 4.78 is 6.14. The van der Waals surface area contributed by atoms with E-state index in [0.717, 1.165) is 15.7 Å².